The first-order chi connectivity index (χ1) is 8.22. The molecule has 1 amide bonds. The van der Waals surface area contributed by atoms with Gasteiger partial charge < -0.3 is 10.2 Å². The van der Waals surface area contributed by atoms with E-state index >= 15 is 0 Å². The highest BCUT2D eigenvalue weighted by Gasteiger charge is 2.36. The average Bonchev–Trinajstić information content (AvgIpc) is 3.11. The van der Waals surface area contributed by atoms with Crippen molar-refractivity contribution < 1.29 is 4.79 Å². The van der Waals surface area contributed by atoms with Crippen molar-refractivity contribution in [1.29, 1.82) is 0 Å². The second kappa shape index (κ2) is 5.79. The Morgan fingerprint density at radius 2 is 1.78 bits per heavy atom. The number of hydrogen-bond acceptors (Lipinski definition) is 2. The summed E-state index contributed by atoms with van der Waals surface area (Å²) in [5.74, 6) is 1.25. The highest BCUT2D eigenvalue weighted by atomic mass is 35.5. The number of halogens is 1. The number of nitrogens with one attached hydrogen (secondary N) is 1. The number of piperidine rings is 1. The quantitative estimate of drug-likeness (QED) is 0.852. The van der Waals surface area contributed by atoms with Gasteiger partial charge in [-0.1, -0.05) is 12.8 Å². The van der Waals surface area contributed by atoms with Crippen molar-refractivity contribution in [2.45, 2.75) is 69.5 Å². The number of fused-ring (bicyclic) bond motifs is 2. The van der Waals surface area contributed by atoms with Crippen LogP contribution in [0.1, 0.15) is 51.4 Å². The van der Waals surface area contributed by atoms with E-state index in [2.05, 4.69) is 10.2 Å². The molecule has 104 valence electrons. The van der Waals surface area contributed by atoms with Crippen molar-refractivity contribution in [3.8, 4) is 0 Å². The lowest BCUT2D eigenvalue weighted by atomic mass is 9.98. The van der Waals surface area contributed by atoms with Crippen LogP contribution < -0.4 is 5.32 Å². The Bertz CT molecular complexity index is 294. The molecule has 3 fully saturated rings. The molecule has 2 saturated heterocycles. The number of hydrogen-bond donors (Lipinski definition) is 1. The van der Waals surface area contributed by atoms with Crippen LogP contribution in [0.2, 0.25) is 0 Å². The van der Waals surface area contributed by atoms with Crippen LogP contribution in [0, 0.1) is 5.92 Å². The van der Waals surface area contributed by atoms with Gasteiger partial charge in [-0.2, -0.15) is 0 Å². The standard InChI is InChI=1S/C14H24N2O.ClH/c1-16(14(17)7-4-10-2-3-10)13-8-11-5-6-12(9-13)15-11;/h10-13,15H,2-9H2,1H3;1H. The van der Waals surface area contributed by atoms with Crippen molar-refractivity contribution in [2.24, 2.45) is 5.92 Å². The Morgan fingerprint density at radius 3 is 2.33 bits per heavy atom. The molecule has 0 radical (unpaired) electrons. The molecule has 0 aromatic heterocycles. The predicted octanol–water partition coefficient (Wildman–Crippen LogP) is 2.34. The molecule has 2 aliphatic heterocycles. The van der Waals surface area contributed by atoms with Gasteiger partial charge >= 0.3 is 0 Å². The predicted molar refractivity (Wildman–Crippen MR) is 74.9 cm³/mol. The maximum absolute atomic E-state index is 12.1. The van der Waals surface area contributed by atoms with Gasteiger partial charge in [-0.15, -0.1) is 12.4 Å². The van der Waals surface area contributed by atoms with Crippen molar-refractivity contribution in [2.75, 3.05) is 7.05 Å². The fourth-order valence-electron chi connectivity index (χ4n) is 3.46. The third-order valence-electron chi connectivity index (χ3n) is 4.85. The summed E-state index contributed by atoms with van der Waals surface area (Å²) in [4.78, 5) is 14.2. The van der Waals surface area contributed by atoms with Crippen molar-refractivity contribution in [3.63, 3.8) is 0 Å². The molecule has 3 nitrogen and oxygen atoms in total. The second-order valence-electron chi connectivity index (χ2n) is 6.25. The summed E-state index contributed by atoms with van der Waals surface area (Å²) < 4.78 is 0. The molecule has 0 aromatic carbocycles. The van der Waals surface area contributed by atoms with Crippen LogP contribution >= 0.6 is 12.4 Å². The van der Waals surface area contributed by atoms with E-state index in [0.29, 0.717) is 24.0 Å². The van der Waals surface area contributed by atoms with Gasteiger partial charge in [0.2, 0.25) is 5.91 Å². The van der Waals surface area contributed by atoms with E-state index < -0.39 is 0 Å². The van der Waals surface area contributed by atoms with E-state index in [1.165, 1.54) is 38.5 Å². The van der Waals surface area contributed by atoms with Crippen LogP contribution in [0.5, 0.6) is 0 Å². The highest BCUT2D eigenvalue weighted by Crippen LogP contribution is 2.34. The molecule has 0 aromatic rings. The van der Waals surface area contributed by atoms with Crippen LogP contribution in [0.4, 0.5) is 0 Å². The SMILES string of the molecule is CN(C(=O)CCC1CC1)C1CC2CCC(C1)N2.Cl. The summed E-state index contributed by atoms with van der Waals surface area (Å²) in [7, 11) is 2.02. The summed E-state index contributed by atoms with van der Waals surface area (Å²) >= 11 is 0. The summed E-state index contributed by atoms with van der Waals surface area (Å²) in [5, 5.41) is 3.64. The van der Waals surface area contributed by atoms with Crippen molar-refractivity contribution in [1.82, 2.24) is 10.2 Å². The minimum absolute atomic E-state index is 0. The van der Waals surface area contributed by atoms with Crippen LogP contribution in [0.3, 0.4) is 0 Å². The van der Waals surface area contributed by atoms with Crippen LogP contribution in [0.15, 0.2) is 0 Å². The molecule has 3 rings (SSSR count). The molecule has 1 saturated carbocycles. The van der Waals surface area contributed by atoms with Gasteiger partial charge in [0.05, 0.1) is 0 Å². The monoisotopic (exact) mass is 272 g/mol. The van der Waals surface area contributed by atoms with E-state index in [4.69, 9.17) is 0 Å². The highest BCUT2D eigenvalue weighted by molar-refractivity contribution is 5.85. The van der Waals surface area contributed by atoms with Crippen molar-refractivity contribution >= 4 is 18.3 Å². The van der Waals surface area contributed by atoms with Crippen LogP contribution in [0.25, 0.3) is 0 Å². The van der Waals surface area contributed by atoms with Crippen LogP contribution in [-0.4, -0.2) is 36.0 Å². The summed E-state index contributed by atoms with van der Waals surface area (Å²) in [6, 6.07) is 1.86. The van der Waals surface area contributed by atoms with Gasteiger partial charge in [0, 0.05) is 31.6 Å². The molecular formula is C14H25ClN2O. The Balaban J connectivity index is 0.00000120. The Hall–Kier alpha value is -0.280. The van der Waals surface area contributed by atoms with Gasteiger partial charge in [-0.25, -0.2) is 0 Å². The summed E-state index contributed by atoms with van der Waals surface area (Å²) in [5.41, 5.74) is 0. The van der Waals surface area contributed by atoms with Crippen LogP contribution in [-0.2, 0) is 4.79 Å². The van der Waals surface area contributed by atoms with E-state index in [-0.39, 0.29) is 12.4 Å². The fourth-order valence-corrected chi connectivity index (χ4v) is 3.46. The molecule has 2 atom stereocenters. The minimum Gasteiger partial charge on any atom is -0.343 e. The van der Waals surface area contributed by atoms with Gasteiger partial charge in [0.25, 0.3) is 0 Å². The Kier molecular flexibility index (Phi) is 4.54. The Labute approximate surface area is 116 Å². The average molecular weight is 273 g/mol. The first-order valence-electron chi connectivity index (χ1n) is 7.24. The third-order valence-corrected chi connectivity index (χ3v) is 4.85. The third kappa shape index (κ3) is 3.18. The van der Waals surface area contributed by atoms with E-state index in [0.717, 1.165) is 18.8 Å². The number of carbonyl (C=O) groups excluding carboxylic acids is 1. The van der Waals surface area contributed by atoms with E-state index in [9.17, 15) is 4.79 Å². The second-order valence-corrected chi connectivity index (χ2v) is 6.25. The van der Waals surface area contributed by atoms with E-state index in [1.807, 2.05) is 7.05 Å². The molecule has 2 bridgehead atoms. The molecule has 2 unspecified atom stereocenters. The maximum atomic E-state index is 12.1. The minimum atomic E-state index is 0. The van der Waals surface area contributed by atoms with Gasteiger partial charge in [0.1, 0.15) is 0 Å². The van der Waals surface area contributed by atoms with Gasteiger partial charge in [0.15, 0.2) is 0 Å². The van der Waals surface area contributed by atoms with Gasteiger partial charge in [-0.3, -0.25) is 4.79 Å². The first-order valence-corrected chi connectivity index (χ1v) is 7.24. The molecule has 18 heavy (non-hydrogen) atoms. The largest absolute Gasteiger partial charge is 0.343 e. The molecule has 3 aliphatic rings. The zero-order valence-electron chi connectivity index (χ0n) is 11.2. The smallest absolute Gasteiger partial charge is 0.222 e. The lowest BCUT2D eigenvalue weighted by Crippen LogP contribution is -2.48. The summed E-state index contributed by atoms with van der Waals surface area (Å²) in [6.07, 6.45) is 9.57. The zero-order chi connectivity index (χ0) is 11.8. The lowest BCUT2D eigenvalue weighted by molar-refractivity contribution is -0.132. The molecule has 2 heterocycles. The molecule has 1 aliphatic carbocycles. The Morgan fingerprint density at radius 1 is 1.17 bits per heavy atom. The summed E-state index contributed by atoms with van der Waals surface area (Å²) in [6.45, 7) is 0. The maximum Gasteiger partial charge on any atom is 0.222 e. The molecule has 4 heteroatoms. The molecular weight excluding hydrogens is 248 g/mol. The zero-order valence-corrected chi connectivity index (χ0v) is 12.0. The number of carbonyl (C=O) groups is 1. The molecule has 0 spiro atoms. The lowest BCUT2D eigenvalue weighted by Gasteiger charge is -2.35. The normalized spacial score (nSPS) is 33.9. The number of nitrogens with zero attached hydrogens (tertiary/aromatic N) is 1. The fraction of sp³-hybridized carbons (Fsp3) is 0.929. The van der Waals surface area contributed by atoms with Gasteiger partial charge in [-0.05, 0) is 38.0 Å². The molecule has 1 N–H and O–H groups in total. The topological polar surface area (TPSA) is 32.3 Å². The first kappa shape index (κ1) is 14.1. The number of amides is 1. The van der Waals surface area contributed by atoms with Crippen molar-refractivity contribution in [3.05, 3.63) is 0 Å². The van der Waals surface area contributed by atoms with E-state index in [1.54, 1.807) is 0 Å². The number of rotatable bonds is 4.